The third kappa shape index (κ3) is 2.09. The Balaban J connectivity index is 2.03. The monoisotopic (exact) mass is 292 g/mol. The first kappa shape index (κ1) is 10.8. The van der Waals surface area contributed by atoms with Gasteiger partial charge in [0.05, 0.1) is 12.7 Å². The number of hydrogen-bond donors (Lipinski definition) is 1. The molecule has 0 aliphatic heterocycles. The lowest BCUT2D eigenvalue weighted by Crippen LogP contribution is -1.89. The summed E-state index contributed by atoms with van der Waals surface area (Å²) in [6.45, 7) is 0. The van der Waals surface area contributed by atoms with E-state index in [0.29, 0.717) is 5.92 Å². The van der Waals surface area contributed by atoms with E-state index in [1.807, 2.05) is 24.4 Å². The number of hydrogen-bond acceptors (Lipinski definition) is 2. The summed E-state index contributed by atoms with van der Waals surface area (Å²) in [5.41, 5.74) is 2.23. The lowest BCUT2D eigenvalue weighted by atomic mass is 10.2. The zero-order valence-corrected chi connectivity index (χ0v) is 11.1. The number of imidazole rings is 1. The van der Waals surface area contributed by atoms with Gasteiger partial charge in [-0.3, -0.25) is 0 Å². The number of nitrogens with one attached hydrogen (secondary N) is 1. The number of benzene rings is 1. The average molecular weight is 293 g/mol. The van der Waals surface area contributed by atoms with E-state index in [4.69, 9.17) is 4.74 Å². The summed E-state index contributed by atoms with van der Waals surface area (Å²) in [7, 11) is 1.68. The molecule has 0 atom stereocenters. The molecule has 0 unspecified atom stereocenters. The topological polar surface area (TPSA) is 37.9 Å². The van der Waals surface area contributed by atoms with Gasteiger partial charge in [-0.1, -0.05) is 15.9 Å². The molecule has 0 saturated heterocycles. The van der Waals surface area contributed by atoms with E-state index < -0.39 is 0 Å². The fourth-order valence-electron chi connectivity index (χ4n) is 1.94. The van der Waals surface area contributed by atoms with Crippen molar-refractivity contribution in [2.45, 2.75) is 18.8 Å². The van der Waals surface area contributed by atoms with Gasteiger partial charge in [-0.15, -0.1) is 0 Å². The highest BCUT2D eigenvalue weighted by molar-refractivity contribution is 9.10. The number of nitrogens with zero attached hydrogens (tertiary/aromatic N) is 1. The lowest BCUT2D eigenvalue weighted by molar-refractivity contribution is 0.416. The lowest BCUT2D eigenvalue weighted by Gasteiger charge is -2.06. The number of rotatable bonds is 3. The molecule has 3 rings (SSSR count). The standard InChI is InChI=1S/C13H13BrN2O/c1-17-12-5-4-9(14)6-10(12)13-15-7-11(16-13)8-2-3-8/h4-8H,2-3H2,1H3,(H,15,16). The van der Waals surface area contributed by atoms with Gasteiger partial charge in [-0.25, -0.2) is 4.98 Å². The summed E-state index contributed by atoms with van der Waals surface area (Å²) in [5, 5.41) is 0. The van der Waals surface area contributed by atoms with Crippen molar-refractivity contribution in [3.05, 3.63) is 34.6 Å². The van der Waals surface area contributed by atoms with E-state index >= 15 is 0 Å². The van der Waals surface area contributed by atoms with Crippen molar-refractivity contribution in [1.82, 2.24) is 9.97 Å². The summed E-state index contributed by atoms with van der Waals surface area (Å²) in [5.74, 6) is 2.41. The summed E-state index contributed by atoms with van der Waals surface area (Å²) in [6.07, 6.45) is 4.49. The Morgan fingerprint density at radius 2 is 2.24 bits per heavy atom. The Morgan fingerprint density at radius 3 is 2.94 bits per heavy atom. The van der Waals surface area contributed by atoms with Gasteiger partial charge >= 0.3 is 0 Å². The predicted octanol–water partition coefficient (Wildman–Crippen LogP) is 3.73. The summed E-state index contributed by atoms with van der Waals surface area (Å²) in [4.78, 5) is 7.82. The minimum Gasteiger partial charge on any atom is -0.496 e. The number of ether oxygens (including phenoxy) is 1. The highest BCUT2D eigenvalue weighted by atomic mass is 79.9. The molecule has 1 aliphatic carbocycles. The maximum absolute atomic E-state index is 5.36. The van der Waals surface area contributed by atoms with Gasteiger partial charge in [-0.2, -0.15) is 0 Å². The van der Waals surface area contributed by atoms with Crippen LogP contribution in [-0.2, 0) is 0 Å². The molecule has 0 radical (unpaired) electrons. The number of aromatic amines is 1. The van der Waals surface area contributed by atoms with E-state index in [1.165, 1.54) is 18.5 Å². The fourth-order valence-corrected chi connectivity index (χ4v) is 2.30. The second kappa shape index (κ2) is 4.18. The highest BCUT2D eigenvalue weighted by Crippen LogP contribution is 2.40. The average Bonchev–Trinajstić information content (AvgIpc) is 3.07. The van der Waals surface area contributed by atoms with Crippen LogP contribution < -0.4 is 4.74 Å². The quantitative estimate of drug-likeness (QED) is 0.936. The van der Waals surface area contributed by atoms with Gasteiger partial charge < -0.3 is 9.72 Å². The first-order chi connectivity index (χ1) is 8.28. The van der Waals surface area contributed by atoms with Gasteiger partial charge in [-0.05, 0) is 31.0 Å². The third-order valence-corrected chi connectivity index (χ3v) is 3.52. The van der Waals surface area contributed by atoms with Crippen LogP contribution >= 0.6 is 15.9 Å². The Hall–Kier alpha value is -1.29. The largest absolute Gasteiger partial charge is 0.496 e. The molecule has 1 N–H and O–H groups in total. The number of H-pyrrole nitrogens is 1. The van der Waals surface area contributed by atoms with Gasteiger partial charge in [0.2, 0.25) is 0 Å². The third-order valence-electron chi connectivity index (χ3n) is 3.03. The second-order valence-electron chi connectivity index (χ2n) is 4.31. The molecule has 88 valence electrons. The van der Waals surface area contributed by atoms with Crippen LogP contribution in [0.15, 0.2) is 28.9 Å². The van der Waals surface area contributed by atoms with Crippen LogP contribution in [-0.4, -0.2) is 17.1 Å². The minimum absolute atomic E-state index is 0.689. The number of aromatic nitrogens is 2. The fraction of sp³-hybridized carbons (Fsp3) is 0.308. The van der Waals surface area contributed by atoms with Crippen LogP contribution in [0.2, 0.25) is 0 Å². The maximum atomic E-state index is 5.36. The molecule has 0 bridgehead atoms. The molecule has 3 nitrogen and oxygen atoms in total. The molecule has 1 aromatic heterocycles. The van der Waals surface area contributed by atoms with Crippen molar-refractivity contribution < 1.29 is 4.74 Å². The maximum Gasteiger partial charge on any atom is 0.141 e. The molecule has 1 saturated carbocycles. The van der Waals surface area contributed by atoms with E-state index in [2.05, 4.69) is 25.9 Å². The van der Waals surface area contributed by atoms with Crippen molar-refractivity contribution in [1.29, 1.82) is 0 Å². The van der Waals surface area contributed by atoms with E-state index in [1.54, 1.807) is 7.11 Å². The molecular weight excluding hydrogens is 280 g/mol. The van der Waals surface area contributed by atoms with Crippen LogP contribution in [0.4, 0.5) is 0 Å². The van der Waals surface area contributed by atoms with Crippen molar-refractivity contribution in [3.63, 3.8) is 0 Å². The van der Waals surface area contributed by atoms with E-state index in [-0.39, 0.29) is 0 Å². The highest BCUT2D eigenvalue weighted by Gasteiger charge is 2.25. The Kier molecular flexibility index (Phi) is 2.67. The van der Waals surface area contributed by atoms with E-state index in [9.17, 15) is 0 Å². The molecular formula is C13H13BrN2O. The van der Waals surface area contributed by atoms with Crippen LogP contribution in [0.1, 0.15) is 24.5 Å². The minimum atomic E-state index is 0.689. The molecule has 1 fully saturated rings. The van der Waals surface area contributed by atoms with Crippen LogP contribution in [0.3, 0.4) is 0 Å². The number of methoxy groups -OCH3 is 1. The Morgan fingerprint density at radius 1 is 1.41 bits per heavy atom. The predicted molar refractivity (Wildman–Crippen MR) is 70.3 cm³/mol. The van der Waals surface area contributed by atoms with Gasteiger partial charge in [0.1, 0.15) is 11.6 Å². The molecule has 2 aromatic rings. The molecule has 0 spiro atoms. The summed E-state index contributed by atoms with van der Waals surface area (Å²) >= 11 is 3.47. The van der Waals surface area contributed by atoms with Gasteiger partial charge in [0.25, 0.3) is 0 Å². The van der Waals surface area contributed by atoms with Crippen LogP contribution in [0, 0.1) is 0 Å². The van der Waals surface area contributed by atoms with Gasteiger partial charge in [0, 0.05) is 22.3 Å². The zero-order chi connectivity index (χ0) is 11.8. The number of halogens is 1. The Bertz CT molecular complexity index is 546. The SMILES string of the molecule is COc1ccc(Br)cc1-c1ncc(C2CC2)[nH]1. The molecule has 1 aromatic carbocycles. The molecule has 1 aliphatic rings. The van der Waals surface area contributed by atoms with Crippen LogP contribution in [0.5, 0.6) is 5.75 Å². The van der Waals surface area contributed by atoms with Crippen molar-refractivity contribution in [3.8, 4) is 17.1 Å². The van der Waals surface area contributed by atoms with Crippen LogP contribution in [0.25, 0.3) is 11.4 Å². The zero-order valence-electron chi connectivity index (χ0n) is 9.53. The molecule has 1 heterocycles. The first-order valence-corrected chi connectivity index (χ1v) is 6.46. The smallest absolute Gasteiger partial charge is 0.141 e. The van der Waals surface area contributed by atoms with Crippen molar-refractivity contribution >= 4 is 15.9 Å². The molecule has 17 heavy (non-hydrogen) atoms. The van der Waals surface area contributed by atoms with Crippen molar-refractivity contribution in [2.75, 3.05) is 7.11 Å². The van der Waals surface area contributed by atoms with Crippen molar-refractivity contribution in [2.24, 2.45) is 0 Å². The summed E-state index contributed by atoms with van der Waals surface area (Å²) < 4.78 is 6.38. The second-order valence-corrected chi connectivity index (χ2v) is 5.22. The van der Waals surface area contributed by atoms with E-state index in [0.717, 1.165) is 21.6 Å². The van der Waals surface area contributed by atoms with Gasteiger partial charge in [0.15, 0.2) is 0 Å². The first-order valence-electron chi connectivity index (χ1n) is 5.67. The molecule has 0 amide bonds. The Labute approximate surface area is 108 Å². The molecule has 4 heteroatoms. The summed E-state index contributed by atoms with van der Waals surface area (Å²) in [6, 6.07) is 5.93. The normalized spacial score (nSPS) is 14.9.